The van der Waals surface area contributed by atoms with Crippen molar-refractivity contribution in [1.29, 1.82) is 0 Å². The van der Waals surface area contributed by atoms with Gasteiger partial charge < -0.3 is 4.98 Å². The molecule has 2 aromatic heterocycles. The van der Waals surface area contributed by atoms with Gasteiger partial charge in [-0.2, -0.15) is 0 Å². The zero-order chi connectivity index (χ0) is 24.4. The standard InChI is InChI=1S/C28H34N6O/c1-4-26(27-30-31-32-34(27)17-21-10-6-5-7-11-21)33(24-12-8-9-13-24)18-23-16-22-14-19(2)20(3)15-25(22)29-28(23)35/h5-7,10-11,14-16,24,26H,4,8-9,12-13,17-18H2,1-3H3,(H,29,35)/t26-/m0/s1. The first-order chi connectivity index (χ1) is 17.0. The molecular weight excluding hydrogens is 436 g/mol. The first-order valence-electron chi connectivity index (χ1n) is 12.7. The summed E-state index contributed by atoms with van der Waals surface area (Å²) < 4.78 is 1.92. The van der Waals surface area contributed by atoms with Crippen molar-refractivity contribution >= 4 is 10.9 Å². The van der Waals surface area contributed by atoms with Crippen LogP contribution in [0.25, 0.3) is 10.9 Å². The van der Waals surface area contributed by atoms with Crippen molar-refractivity contribution in [3.8, 4) is 0 Å². The van der Waals surface area contributed by atoms with Crippen LogP contribution < -0.4 is 5.56 Å². The number of nitrogens with zero attached hydrogens (tertiary/aromatic N) is 5. The lowest BCUT2D eigenvalue weighted by atomic mass is 10.0. The van der Waals surface area contributed by atoms with E-state index < -0.39 is 0 Å². The van der Waals surface area contributed by atoms with Crippen LogP contribution in [0.4, 0.5) is 0 Å². The van der Waals surface area contributed by atoms with Crippen LogP contribution in [0.5, 0.6) is 0 Å². The number of aryl methyl sites for hydroxylation is 2. The van der Waals surface area contributed by atoms with E-state index in [0.29, 0.717) is 19.1 Å². The third kappa shape index (κ3) is 4.91. The maximum atomic E-state index is 13.2. The van der Waals surface area contributed by atoms with Crippen molar-refractivity contribution in [2.24, 2.45) is 0 Å². The summed E-state index contributed by atoms with van der Waals surface area (Å²) in [6.07, 6.45) is 5.59. The predicted octanol–water partition coefficient (Wildman–Crippen LogP) is 5.08. The number of rotatable bonds is 8. The van der Waals surface area contributed by atoms with Crippen molar-refractivity contribution in [2.45, 2.75) is 78.0 Å². The van der Waals surface area contributed by atoms with Crippen LogP contribution in [0, 0.1) is 13.8 Å². The molecule has 0 aliphatic heterocycles. The zero-order valence-electron chi connectivity index (χ0n) is 20.9. The van der Waals surface area contributed by atoms with Gasteiger partial charge in [0.25, 0.3) is 5.56 Å². The van der Waals surface area contributed by atoms with E-state index in [-0.39, 0.29) is 11.6 Å². The van der Waals surface area contributed by atoms with E-state index in [0.717, 1.165) is 41.6 Å². The summed E-state index contributed by atoms with van der Waals surface area (Å²) in [7, 11) is 0. The molecule has 1 N–H and O–H groups in total. The SMILES string of the molecule is CC[C@@H](c1nnnn1Cc1ccccc1)N(Cc1cc2cc(C)c(C)cc2[nH]c1=O)C1CCCC1. The van der Waals surface area contributed by atoms with Gasteiger partial charge in [0.1, 0.15) is 0 Å². The second-order valence-corrected chi connectivity index (χ2v) is 9.86. The fraction of sp³-hybridized carbons (Fsp3) is 0.429. The molecule has 0 bridgehead atoms. The van der Waals surface area contributed by atoms with Gasteiger partial charge in [-0.25, -0.2) is 4.68 Å². The summed E-state index contributed by atoms with van der Waals surface area (Å²) in [4.78, 5) is 18.8. The second kappa shape index (κ2) is 10.1. The predicted molar refractivity (Wildman–Crippen MR) is 138 cm³/mol. The molecule has 182 valence electrons. The Morgan fingerprint density at radius 1 is 1.09 bits per heavy atom. The van der Waals surface area contributed by atoms with Crippen molar-refractivity contribution < 1.29 is 0 Å². The molecule has 0 spiro atoms. The van der Waals surface area contributed by atoms with Gasteiger partial charge in [-0.15, -0.1) is 5.10 Å². The lowest BCUT2D eigenvalue weighted by molar-refractivity contribution is 0.112. The highest BCUT2D eigenvalue weighted by Gasteiger charge is 2.32. The smallest absolute Gasteiger partial charge is 0.252 e. The Morgan fingerprint density at radius 3 is 2.57 bits per heavy atom. The molecule has 4 aromatic rings. The summed E-state index contributed by atoms with van der Waals surface area (Å²) in [6, 6.07) is 17.0. The molecule has 1 saturated carbocycles. The Hall–Kier alpha value is -3.32. The Bertz CT molecular complexity index is 1350. The average molecular weight is 471 g/mol. The van der Waals surface area contributed by atoms with Crippen molar-refractivity contribution in [2.75, 3.05) is 0 Å². The summed E-state index contributed by atoms with van der Waals surface area (Å²) >= 11 is 0. The van der Waals surface area contributed by atoms with Crippen LogP contribution >= 0.6 is 0 Å². The minimum atomic E-state index is -0.0116. The number of fused-ring (bicyclic) bond motifs is 1. The van der Waals surface area contributed by atoms with Crippen LogP contribution in [-0.2, 0) is 13.1 Å². The van der Waals surface area contributed by atoms with E-state index in [9.17, 15) is 4.79 Å². The summed E-state index contributed by atoms with van der Waals surface area (Å²) in [5.41, 5.74) is 5.27. The number of pyridine rings is 1. The van der Waals surface area contributed by atoms with Crippen molar-refractivity contribution in [1.82, 2.24) is 30.1 Å². The Kier molecular flexibility index (Phi) is 6.77. The van der Waals surface area contributed by atoms with Crippen molar-refractivity contribution in [3.63, 3.8) is 0 Å². The number of nitrogens with one attached hydrogen (secondary N) is 1. The molecule has 1 fully saturated rings. The molecule has 7 nitrogen and oxygen atoms in total. The van der Waals surface area contributed by atoms with Crippen LogP contribution in [-0.4, -0.2) is 36.1 Å². The number of hydrogen-bond donors (Lipinski definition) is 1. The molecule has 1 atom stereocenters. The molecule has 0 saturated heterocycles. The van der Waals surface area contributed by atoms with Gasteiger partial charge in [0.15, 0.2) is 5.82 Å². The first kappa shape index (κ1) is 23.4. The maximum absolute atomic E-state index is 13.2. The molecule has 0 unspecified atom stereocenters. The molecule has 2 aromatic carbocycles. The topological polar surface area (TPSA) is 79.7 Å². The summed E-state index contributed by atoms with van der Waals surface area (Å²) in [5, 5.41) is 13.9. The molecule has 1 aliphatic carbocycles. The number of H-pyrrole nitrogens is 1. The molecule has 5 rings (SSSR count). The first-order valence-corrected chi connectivity index (χ1v) is 12.7. The summed E-state index contributed by atoms with van der Waals surface area (Å²) in [5.74, 6) is 0.868. The van der Waals surface area contributed by atoms with Gasteiger partial charge in [-0.3, -0.25) is 9.69 Å². The quantitative estimate of drug-likeness (QED) is 0.389. The van der Waals surface area contributed by atoms with Crippen molar-refractivity contribution in [3.05, 3.63) is 87.0 Å². The third-order valence-corrected chi connectivity index (χ3v) is 7.50. The van der Waals surface area contributed by atoms with Crippen LogP contribution in [0.2, 0.25) is 0 Å². The number of aromatic amines is 1. The normalized spacial score (nSPS) is 15.3. The van der Waals surface area contributed by atoms with Gasteiger partial charge in [0, 0.05) is 23.7 Å². The molecule has 2 heterocycles. The molecule has 0 radical (unpaired) electrons. The van der Waals surface area contributed by atoms with Gasteiger partial charge in [-0.05, 0) is 83.8 Å². The van der Waals surface area contributed by atoms with Crippen LogP contribution in [0.3, 0.4) is 0 Å². The van der Waals surface area contributed by atoms with Crippen LogP contribution in [0.15, 0.2) is 53.3 Å². The number of hydrogen-bond acceptors (Lipinski definition) is 5. The van der Waals surface area contributed by atoms with Gasteiger partial charge in [-0.1, -0.05) is 50.1 Å². The lowest BCUT2D eigenvalue weighted by Crippen LogP contribution is -2.39. The highest BCUT2D eigenvalue weighted by atomic mass is 16.1. The van der Waals surface area contributed by atoms with Gasteiger partial charge in [0.05, 0.1) is 12.6 Å². The summed E-state index contributed by atoms with van der Waals surface area (Å²) in [6.45, 7) is 7.59. The van der Waals surface area contributed by atoms with E-state index in [1.807, 2.05) is 22.9 Å². The lowest BCUT2D eigenvalue weighted by Gasteiger charge is -2.35. The minimum absolute atomic E-state index is 0.0116. The number of aromatic nitrogens is 5. The average Bonchev–Trinajstić information content (AvgIpc) is 3.54. The molecule has 1 aliphatic rings. The molecule has 35 heavy (non-hydrogen) atoms. The zero-order valence-corrected chi connectivity index (χ0v) is 20.9. The van der Waals surface area contributed by atoms with E-state index in [1.165, 1.54) is 29.5 Å². The molecular formula is C28H34N6O. The van der Waals surface area contributed by atoms with E-state index in [2.05, 4.69) is 76.5 Å². The largest absolute Gasteiger partial charge is 0.322 e. The van der Waals surface area contributed by atoms with E-state index in [1.54, 1.807) is 0 Å². The monoisotopic (exact) mass is 470 g/mol. The Balaban J connectivity index is 1.51. The number of benzene rings is 2. The van der Waals surface area contributed by atoms with Crippen LogP contribution in [0.1, 0.15) is 73.1 Å². The highest BCUT2D eigenvalue weighted by molar-refractivity contribution is 5.80. The molecule has 0 amide bonds. The van der Waals surface area contributed by atoms with E-state index in [4.69, 9.17) is 0 Å². The fourth-order valence-electron chi connectivity index (χ4n) is 5.45. The minimum Gasteiger partial charge on any atom is -0.322 e. The van der Waals surface area contributed by atoms with Gasteiger partial charge in [0.2, 0.25) is 0 Å². The molecule has 7 heteroatoms. The Labute approximate surface area is 206 Å². The second-order valence-electron chi connectivity index (χ2n) is 9.86. The highest BCUT2D eigenvalue weighted by Crippen LogP contribution is 2.33. The maximum Gasteiger partial charge on any atom is 0.252 e. The Morgan fingerprint density at radius 2 is 1.83 bits per heavy atom. The van der Waals surface area contributed by atoms with Gasteiger partial charge >= 0.3 is 0 Å². The fourth-order valence-corrected chi connectivity index (χ4v) is 5.45. The number of tetrazole rings is 1. The third-order valence-electron chi connectivity index (χ3n) is 7.50. The van der Waals surface area contributed by atoms with E-state index >= 15 is 0 Å².